The van der Waals surface area contributed by atoms with Crippen LogP contribution in [0.1, 0.15) is 27.3 Å². The number of nitrogens with one attached hydrogen (secondary N) is 2. The summed E-state index contributed by atoms with van der Waals surface area (Å²) in [6.07, 6.45) is 0.520. The maximum absolute atomic E-state index is 12.3. The molecule has 0 saturated carbocycles. The van der Waals surface area contributed by atoms with Crippen LogP contribution in [0.15, 0.2) is 60.7 Å². The number of carbonyl (C=O) groups is 1. The van der Waals surface area contributed by atoms with Gasteiger partial charge in [-0.2, -0.15) is 4.52 Å². The Bertz CT molecular complexity index is 1150. The van der Waals surface area contributed by atoms with Gasteiger partial charge >= 0.3 is 0 Å². The molecule has 7 nitrogen and oxygen atoms in total. The van der Waals surface area contributed by atoms with E-state index in [-0.39, 0.29) is 5.91 Å². The topological polar surface area (TPSA) is 84.2 Å². The fourth-order valence-corrected chi connectivity index (χ4v) is 3.10. The van der Waals surface area contributed by atoms with Crippen molar-refractivity contribution in [3.63, 3.8) is 0 Å². The highest BCUT2D eigenvalue weighted by molar-refractivity contribution is 6.30. The number of amides is 1. The third kappa shape index (κ3) is 4.75. The van der Waals surface area contributed by atoms with Crippen LogP contribution < -0.4 is 10.6 Å². The zero-order valence-corrected chi connectivity index (χ0v) is 17.2. The van der Waals surface area contributed by atoms with E-state index in [1.54, 1.807) is 4.52 Å². The number of benzene rings is 2. The number of halogens is 1. The van der Waals surface area contributed by atoms with Gasteiger partial charge in [-0.05, 0) is 48.9 Å². The lowest BCUT2D eigenvalue weighted by atomic mass is 10.1. The van der Waals surface area contributed by atoms with Gasteiger partial charge in [0.05, 0.1) is 0 Å². The lowest BCUT2D eigenvalue weighted by Crippen LogP contribution is -2.26. The molecule has 0 aliphatic carbocycles. The molecule has 0 fully saturated rings. The van der Waals surface area contributed by atoms with E-state index in [0.29, 0.717) is 47.4 Å². The molecule has 0 spiro atoms. The average Bonchev–Trinajstić information content (AvgIpc) is 3.16. The Morgan fingerprint density at radius 3 is 2.53 bits per heavy atom. The van der Waals surface area contributed by atoms with Gasteiger partial charge in [0.15, 0.2) is 11.5 Å². The monoisotopic (exact) mass is 420 g/mol. The van der Waals surface area contributed by atoms with Crippen molar-refractivity contribution in [1.29, 1.82) is 0 Å². The van der Waals surface area contributed by atoms with Crippen LogP contribution in [0.3, 0.4) is 0 Å². The molecule has 0 atom stereocenters. The molecular formula is C22H21ClN6O. The smallest absolute Gasteiger partial charge is 0.251 e. The Kier molecular flexibility index (Phi) is 5.90. The number of nitrogens with zero attached hydrogens (tertiary/aromatic N) is 4. The van der Waals surface area contributed by atoms with Crippen LogP contribution in [0, 0.1) is 6.92 Å². The van der Waals surface area contributed by atoms with E-state index in [1.807, 2.05) is 67.6 Å². The van der Waals surface area contributed by atoms with E-state index in [0.717, 1.165) is 11.1 Å². The van der Waals surface area contributed by atoms with Crippen molar-refractivity contribution in [2.75, 3.05) is 11.9 Å². The fourth-order valence-electron chi connectivity index (χ4n) is 2.97. The van der Waals surface area contributed by atoms with Crippen LogP contribution in [-0.4, -0.2) is 32.3 Å². The maximum atomic E-state index is 12.3. The van der Waals surface area contributed by atoms with Gasteiger partial charge in [-0.3, -0.25) is 4.79 Å². The Balaban J connectivity index is 1.38. The normalized spacial score (nSPS) is 10.9. The molecule has 30 heavy (non-hydrogen) atoms. The summed E-state index contributed by atoms with van der Waals surface area (Å²) >= 11 is 5.93. The highest BCUT2D eigenvalue weighted by atomic mass is 35.5. The van der Waals surface area contributed by atoms with Gasteiger partial charge in [0.25, 0.3) is 5.91 Å². The SMILES string of the molecule is Cc1ccc(C(=O)NCCc2nnc3ccc(NCc4ccc(Cl)cc4)nn23)cc1. The molecule has 2 N–H and O–H groups in total. The van der Waals surface area contributed by atoms with Crippen molar-refractivity contribution in [1.82, 2.24) is 25.1 Å². The number of aromatic nitrogens is 4. The first-order valence-electron chi connectivity index (χ1n) is 9.63. The molecule has 152 valence electrons. The quantitative estimate of drug-likeness (QED) is 0.476. The number of hydrogen-bond acceptors (Lipinski definition) is 5. The Morgan fingerprint density at radius 2 is 1.77 bits per heavy atom. The molecule has 2 heterocycles. The van der Waals surface area contributed by atoms with E-state index in [4.69, 9.17) is 11.6 Å². The zero-order valence-electron chi connectivity index (χ0n) is 16.5. The maximum Gasteiger partial charge on any atom is 0.251 e. The zero-order chi connectivity index (χ0) is 20.9. The molecule has 0 aliphatic rings. The molecule has 0 radical (unpaired) electrons. The summed E-state index contributed by atoms with van der Waals surface area (Å²) in [6.45, 7) is 3.06. The second-order valence-corrected chi connectivity index (χ2v) is 7.39. The van der Waals surface area contributed by atoms with Gasteiger partial charge in [0, 0.05) is 30.1 Å². The molecule has 4 aromatic rings. The van der Waals surface area contributed by atoms with Gasteiger partial charge in [-0.15, -0.1) is 15.3 Å². The van der Waals surface area contributed by atoms with Crippen molar-refractivity contribution in [3.8, 4) is 0 Å². The average molecular weight is 421 g/mol. The van der Waals surface area contributed by atoms with Gasteiger partial charge in [0.2, 0.25) is 0 Å². The summed E-state index contributed by atoms with van der Waals surface area (Å²) in [7, 11) is 0. The molecule has 2 aromatic carbocycles. The number of carbonyl (C=O) groups excluding carboxylic acids is 1. The van der Waals surface area contributed by atoms with Crippen molar-refractivity contribution in [2.24, 2.45) is 0 Å². The highest BCUT2D eigenvalue weighted by Crippen LogP contribution is 2.12. The third-order valence-electron chi connectivity index (χ3n) is 4.66. The fraction of sp³-hybridized carbons (Fsp3) is 0.182. The standard InChI is InChI=1S/C22H21ClN6O/c1-15-2-6-17(7-3-15)22(30)24-13-12-21-27-26-20-11-10-19(28-29(20)21)25-14-16-4-8-18(23)9-5-16/h2-11H,12-14H2,1H3,(H,24,30)(H,25,28). The van der Waals surface area contributed by atoms with E-state index in [9.17, 15) is 4.79 Å². The van der Waals surface area contributed by atoms with Gasteiger partial charge in [-0.25, -0.2) is 0 Å². The minimum Gasteiger partial charge on any atom is -0.365 e. The number of aryl methyl sites for hydroxylation is 1. The molecule has 0 bridgehead atoms. The van der Waals surface area contributed by atoms with Crippen LogP contribution in [0.2, 0.25) is 5.02 Å². The van der Waals surface area contributed by atoms with E-state index >= 15 is 0 Å². The van der Waals surface area contributed by atoms with Crippen LogP contribution in [0.4, 0.5) is 5.82 Å². The minimum atomic E-state index is -0.109. The molecule has 4 rings (SSSR count). The lowest BCUT2D eigenvalue weighted by Gasteiger charge is -2.07. The number of fused-ring (bicyclic) bond motifs is 1. The third-order valence-corrected chi connectivity index (χ3v) is 4.91. The number of anilines is 1. The summed E-state index contributed by atoms with van der Waals surface area (Å²) in [5.41, 5.74) is 3.52. The van der Waals surface area contributed by atoms with E-state index in [1.165, 1.54) is 0 Å². The first-order chi connectivity index (χ1) is 14.6. The molecule has 8 heteroatoms. The number of rotatable bonds is 7. The van der Waals surface area contributed by atoms with Gasteiger partial charge in [0.1, 0.15) is 5.82 Å². The first kappa shape index (κ1) is 19.8. The van der Waals surface area contributed by atoms with E-state index in [2.05, 4.69) is 25.9 Å². The molecule has 2 aromatic heterocycles. The summed E-state index contributed by atoms with van der Waals surface area (Å²) in [6, 6.07) is 18.8. The van der Waals surface area contributed by atoms with Crippen molar-refractivity contribution < 1.29 is 4.79 Å². The van der Waals surface area contributed by atoms with Crippen molar-refractivity contribution in [3.05, 3.63) is 88.2 Å². The van der Waals surface area contributed by atoms with Crippen LogP contribution >= 0.6 is 11.6 Å². The van der Waals surface area contributed by atoms with Crippen LogP contribution in [-0.2, 0) is 13.0 Å². The molecule has 1 amide bonds. The van der Waals surface area contributed by atoms with Gasteiger partial charge in [-0.1, -0.05) is 41.4 Å². The largest absolute Gasteiger partial charge is 0.365 e. The van der Waals surface area contributed by atoms with Crippen LogP contribution in [0.25, 0.3) is 5.65 Å². The predicted octanol–water partition coefficient (Wildman–Crippen LogP) is 3.67. The van der Waals surface area contributed by atoms with Crippen molar-refractivity contribution in [2.45, 2.75) is 19.9 Å². The van der Waals surface area contributed by atoms with Gasteiger partial charge < -0.3 is 10.6 Å². The molecular weight excluding hydrogens is 400 g/mol. The summed E-state index contributed by atoms with van der Waals surface area (Å²) < 4.78 is 1.70. The summed E-state index contributed by atoms with van der Waals surface area (Å²) in [5, 5.41) is 19.8. The summed E-state index contributed by atoms with van der Waals surface area (Å²) in [4.78, 5) is 12.3. The second kappa shape index (κ2) is 8.92. The predicted molar refractivity (Wildman–Crippen MR) is 117 cm³/mol. The number of hydrogen-bond donors (Lipinski definition) is 2. The molecule has 0 unspecified atom stereocenters. The Hall–Kier alpha value is -3.45. The minimum absolute atomic E-state index is 0.109. The highest BCUT2D eigenvalue weighted by Gasteiger charge is 2.09. The van der Waals surface area contributed by atoms with Crippen LogP contribution in [0.5, 0.6) is 0 Å². The molecule has 0 saturated heterocycles. The summed E-state index contributed by atoms with van der Waals surface area (Å²) in [5.74, 6) is 1.29. The van der Waals surface area contributed by atoms with Crippen molar-refractivity contribution >= 4 is 29.0 Å². The molecule has 0 aliphatic heterocycles. The Labute approximate surface area is 179 Å². The van der Waals surface area contributed by atoms with E-state index < -0.39 is 0 Å². The first-order valence-corrected chi connectivity index (χ1v) is 10.0. The lowest BCUT2D eigenvalue weighted by molar-refractivity contribution is 0.0954. The Morgan fingerprint density at radius 1 is 1.00 bits per heavy atom. The second-order valence-electron chi connectivity index (χ2n) is 6.96.